The molecule has 1 aliphatic rings. The second-order valence-electron chi connectivity index (χ2n) is 6.36. The van der Waals surface area contributed by atoms with Crippen LogP contribution >= 0.6 is 0 Å². The predicted octanol–water partition coefficient (Wildman–Crippen LogP) is 2.94. The van der Waals surface area contributed by atoms with E-state index >= 15 is 0 Å². The smallest absolute Gasteiger partial charge is 0.273 e. The van der Waals surface area contributed by atoms with E-state index in [9.17, 15) is 23.3 Å². The van der Waals surface area contributed by atoms with E-state index in [1.54, 1.807) is 23.1 Å². The van der Waals surface area contributed by atoms with Crippen molar-refractivity contribution in [1.82, 2.24) is 4.90 Å². The Balaban J connectivity index is 1.94. The van der Waals surface area contributed by atoms with Crippen molar-refractivity contribution in [2.24, 2.45) is 0 Å². The first-order valence-electron chi connectivity index (χ1n) is 8.46. The van der Waals surface area contributed by atoms with E-state index in [1.165, 1.54) is 25.1 Å². The monoisotopic (exact) mass is 389 g/mol. The fourth-order valence-electron chi connectivity index (χ4n) is 3.01. The number of nitrogens with one attached hydrogen (secondary N) is 1. The second kappa shape index (κ2) is 7.36. The molecule has 142 valence electrons. The largest absolute Gasteiger partial charge is 0.339 e. The van der Waals surface area contributed by atoms with Crippen molar-refractivity contribution >= 4 is 27.3 Å². The van der Waals surface area contributed by atoms with Crippen LogP contribution in [-0.4, -0.2) is 37.2 Å². The molecular weight excluding hydrogens is 370 g/mol. The van der Waals surface area contributed by atoms with Crippen molar-refractivity contribution < 1.29 is 18.1 Å². The Labute approximate surface area is 157 Å². The zero-order chi connectivity index (χ0) is 19.6. The van der Waals surface area contributed by atoms with Crippen LogP contribution in [0, 0.1) is 17.0 Å². The van der Waals surface area contributed by atoms with Crippen LogP contribution in [0.5, 0.6) is 0 Å². The number of carbonyl (C=O) groups is 1. The molecule has 0 unspecified atom stereocenters. The van der Waals surface area contributed by atoms with Crippen LogP contribution in [0.1, 0.15) is 28.8 Å². The number of para-hydroxylation sites is 1. The lowest BCUT2D eigenvalue weighted by Gasteiger charge is -2.18. The molecule has 0 radical (unpaired) electrons. The third-order valence-corrected chi connectivity index (χ3v) is 5.85. The molecule has 2 aromatic rings. The van der Waals surface area contributed by atoms with Crippen molar-refractivity contribution in [3.8, 4) is 0 Å². The van der Waals surface area contributed by atoms with Gasteiger partial charge in [-0.15, -0.1) is 0 Å². The van der Waals surface area contributed by atoms with E-state index < -0.39 is 14.9 Å². The Hall–Kier alpha value is -2.94. The summed E-state index contributed by atoms with van der Waals surface area (Å²) >= 11 is 0. The van der Waals surface area contributed by atoms with E-state index in [0.29, 0.717) is 18.7 Å². The van der Waals surface area contributed by atoms with Crippen molar-refractivity contribution in [3.05, 3.63) is 63.7 Å². The average Bonchev–Trinajstić information content (AvgIpc) is 3.16. The number of hydrogen-bond donors (Lipinski definition) is 1. The molecule has 0 spiro atoms. The molecule has 27 heavy (non-hydrogen) atoms. The highest BCUT2D eigenvalue weighted by Crippen LogP contribution is 2.26. The number of nitro groups is 1. The van der Waals surface area contributed by atoms with Gasteiger partial charge in [0.05, 0.1) is 21.1 Å². The molecule has 1 N–H and O–H groups in total. The molecule has 8 nitrogen and oxygen atoms in total. The van der Waals surface area contributed by atoms with Crippen LogP contribution in [0.25, 0.3) is 0 Å². The maximum atomic E-state index is 12.7. The minimum Gasteiger partial charge on any atom is -0.339 e. The highest BCUT2D eigenvalue weighted by atomic mass is 32.2. The molecule has 0 saturated carbocycles. The lowest BCUT2D eigenvalue weighted by Crippen LogP contribution is -2.28. The summed E-state index contributed by atoms with van der Waals surface area (Å²) in [5.74, 6) is -0.235. The standard InChI is InChI=1S/C18H19N3O5S/c1-13-8-9-14(12-17(13)21(23)24)27(25,26)19-16-7-3-2-6-15(16)18(22)20-10-4-5-11-20/h2-3,6-9,12,19H,4-5,10-11H2,1H3. The van der Waals surface area contributed by atoms with Crippen LogP contribution in [0.15, 0.2) is 47.4 Å². The lowest BCUT2D eigenvalue weighted by molar-refractivity contribution is -0.385. The number of aryl methyl sites for hydroxylation is 1. The number of amides is 1. The molecule has 0 aliphatic carbocycles. The van der Waals surface area contributed by atoms with E-state index in [-0.39, 0.29) is 27.7 Å². The minimum absolute atomic E-state index is 0.151. The maximum absolute atomic E-state index is 12.7. The van der Waals surface area contributed by atoms with Gasteiger partial charge >= 0.3 is 0 Å². The van der Waals surface area contributed by atoms with Crippen LogP contribution in [-0.2, 0) is 10.0 Å². The summed E-state index contributed by atoms with van der Waals surface area (Å²) in [5, 5.41) is 11.1. The lowest BCUT2D eigenvalue weighted by atomic mass is 10.1. The minimum atomic E-state index is -4.09. The van der Waals surface area contributed by atoms with E-state index in [1.807, 2.05) is 0 Å². The van der Waals surface area contributed by atoms with Gasteiger partial charge in [-0.1, -0.05) is 18.2 Å². The van der Waals surface area contributed by atoms with E-state index in [2.05, 4.69) is 4.72 Å². The number of nitro benzene ring substituents is 1. The predicted molar refractivity (Wildman–Crippen MR) is 100 cm³/mol. The number of rotatable bonds is 5. The second-order valence-corrected chi connectivity index (χ2v) is 8.04. The Kier molecular flexibility index (Phi) is 5.13. The van der Waals surface area contributed by atoms with Gasteiger partial charge in [-0.3, -0.25) is 19.6 Å². The molecule has 1 aliphatic heterocycles. The van der Waals surface area contributed by atoms with Gasteiger partial charge in [0.2, 0.25) is 0 Å². The molecule has 1 fully saturated rings. The number of benzene rings is 2. The Morgan fingerprint density at radius 1 is 1.15 bits per heavy atom. The number of hydrogen-bond acceptors (Lipinski definition) is 5. The first kappa shape index (κ1) is 18.8. The molecule has 0 aromatic heterocycles. The first-order valence-corrected chi connectivity index (χ1v) is 9.94. The van der Waals surface area contributed by atoms with E-state index in [0.717, 1.165) is 18.9 Å². The number of likely N-dealkylation sites (tertiary alicyclic amines) is 1. The molecule has 2 aromatic carbocycles. The van der Waals surface area contributed by atoms with Crippen LogP contribution in [0.3, 0.4) is 0 Å². The van der Waals surface area contributed by atoms with Gasteiger partial charge in [0.15, 0.2) is 0 Å². The summed E-state index contributed by atoms with van der Waals surface area (Å²) < 4.78 is 27.8. The van der Waals surface area contributed by atoms with Gasteiger partial charge in [0, 0.05) is 24.7 Å². The quantitative estimate of drug-likeness (QED) is 0.624. The maximum Gasteiger partial charge on any atom is 0.273 e. The molecular formula is C18H19N3O5S. The topological polar surface area (TPSA) is 110 Å². The normalized spacial score (nSPS) is 14.2. The Morgan fingerprint density at radius 2 is 1.81 bits per heavy atom. The van der Waals surface area contributed by atoms with Gasteiger partial charge < -0.3 is 4.90 Å². The van der Waals surface area contributed by atoms with Crippen molar-refractivity contribution in [3.63, 3.8) is 0 Å². The van der Waals surface area contributed by atoms with Crippen LogP contribution in [0.2, 0.25) is 0 Å². The number of sulfonamides is 1. The van der Waals surface area contributed by atoms with Crippen molar-refractivity contribution in [2.75, 3.05) is 17.8 Å². The van der Waals surface area contributed by atoms with Gasteiger partial charge in [0.25, 0.3) is 21.6 Å². The van der Waals surface area contributed by atoms with E-state index in [4.69, 9.17) is 0 Å². The van der Waals surface area contributed by atoms with Gasteiger partial charge in [-0.25, -0.2) is 8.42 Å². The zero-order valence-corrected chi connectivity index (χ0v) is 15.5. The molecule has 1 amide bonds. The molecule has 1 heterocycles. The summed E-state index contributed by atoms with van der Waals surface area (Å²) in [6, 6.07) is 10.1. The molecule has 9 heteroatoms. The first-order chi connectivity index (χ1) is 12.8. The van der Waals surface area contributed by atoms with Gasteiger partial charge in [-0.2, -0.15) is 0 Å². The SMILES string of the molecule is Cc1ccc(S(=O)(=O)Nc2ccccc2C(=O)N2CCCC2)cc1[N+](=O)[O-]. The number of anilines is 1. The summed E-state index contributed by atoms with van der Waals surface area (Å²) in [6.07, 6.45) is 1.85. The highest BCUT2D eigenvalue weighted by molar-refractivity contribution is 7.92. The third kappa shape index (κ3) is 3.92. The van der Waals surface area contributed by atoms with Crippen LogP contribution < -0.4 is 4.72 Å². The molecule has 3 rings (SSSR count). The third-order valence-electron chi connectivity index (χ3n) is 4.48. The van der Waals surface area contributed by atoms with Gasteiger partial charge in [-0.05, 0) is 38.0 Å². The highest BCUT2D eigenvalue weighted by Gasteiger charge is 2.25. The fraction of sp³-hybridized carbons (Fsp3) is 0.278. The number of nitrogens with zero attached hydrogens (tertiary/aromatic N) is 2. The zero-order valence-electron chi connectivity index (χ0n) is 14.7. The summed E-state index contributed by atoms with van der Waals surface area (Å²) in [7, 11) is -4.09. The Bertz CT molecular complexity index is 998. The summed E-state index contributed by atoms with van der Waals surface area (Å²) in [6.45, 7) is 2.82. The molecule has 0 bridgehead atoms. The summed E-state index contributed by atoms with van der Waals surface area (Å²) in [5.41, 5.74) is 0.491. The average molecular weight is 389 g/mol. The number of carbonyl (C=O) groups excluding carboxylic acids is 1. The van der Waals surface area contributed by atoms with Gasteiger partial charge in [0.1, 0.15) is 0 Å². The molecule has 1 saturated heterocycles. The molecule has 0 atom stereocenters. The Morgan fingerprint density at radius 3 is 2.48 bits per heavy atom. The van der Waals surface area contributed by atoms with Crippen LogP contribution in [0.4, 0.5) is 11.4 Å². The fourth-order valence-corrected chi connectivity index (χ4v) is 4.11. The van der Waals surface area contributed by atoms with Crippen molar-refractivity contribution in [1.29, 1.82) is 0 Å². The summed E-state index contributed by atoms with van der Waals surface area (Å²) in [4.78, 5) is 24.6. The van der Waals surface area contributed by atoms with Crippen molar-refractivity contribution in [2.45, 2.75) is 24.7 Å².